The van der Waals surface area contributed by atoms with Gasteiger partial charge in [-0.05, 0) is 23.8 Å². The second-order valence-corrected chi connectivity index (χ2v) is 5.16. The third-order valence-corrected chi connectivity index (χ3v) is 3.42. The summed E-state index contributed by atoms with van der Waals surface area (Å²) in [4.78, 5) is 22.3. The van der Waals surface area contributed by atoms with Gasteiger partial charge in [-0.25, -0.2) is 9.97 Å². The van der Waals surface area contributed by atoms with E-state index in [1.54, 1.807) is 36.5 Å². The van der Waals surface area contributed by atoms with Crippen molar-refractivity contribution < 1.29 is 9.53 Å². The second-order valence-electron chi connectivity index (χ2n) is 5.16. The summed E-state index contributed by atoms with van der Waals surface area (Å²) in [6.45, 7) is 5.26. The van der Waals surface area contributed by atoms with Crippen LogP contribution in [-0.2, 0) is 11.3 Å². The van der Waals surface area contributed by atoms with E-state index < -0.39 is 0 Å². The van der Waals surface area contributed by atoms with Crippen molar-refractivity contribution >= 4 is 11.9 Å². The summed E-state index contributed by atoms with van der Waals surface area (Å²) in [5, 5.41) is 3.04. The normalized spacial score (nSPS) is 10.0. The van der Waals surface area contributed by atoms with Gasteiger partial charge >= 0.3 is 0 Å². The molecular formula is C18H22N4O2. The minimum atomic E-state index is 0.0501. The average molecular weight is 326 g/mol. The number of aromatic nitrogens is 2. The largest absolute Gasteiger partial charge is 0.497 e. The Balaban J connectivity index is 1.88. The number of anilines is 1. The topological polar surface area (TPSA) is 67.3 Å². The lowest BCUT2D eigenvalue weighted by atomic mass is 10.2. The number of rotatable bonds is 9. The highest BCUT2D eigenvalue weighted by molar-refractivity contribution is 5.76. The summed E-state index contributed by atoms with van der Waals surface area (Å²) in [6, 6.07) is 9.44. The predicted molar refractivity (Wildman–Crippen MR) is 93.7 cm³/mol. The van der Waals surface area contributed by atoms with Crippen LogP contribution in [0.2, 0.25) is 0 Å². The van der Waals surface area contributed by atoms with Crippen LogP contribution < -0.4 is 10.1 Å². The number of methoxy groups -OCH3 is 1. The first-order valence-electron chi connectivity index (χ1n) is 7.75. The predicted octanol–water partition coefficient (Wildman–Crippen LogP) is 2.50. The molecule has 1 aromatic heterocycles. The third-order valence-electron chi connectivity index (χ3n) is 3.42. The summed E-state index contributed by atoms with van der Waals surface area (Å²) < 4.78 is 5.15. The Labute approximate surface area is 142 Å². The van der Waals surface area contributed by atoms with Crippen molar-refractivity contribution in [1.29, 1.82) is 0 Å². The molecular weight excluding hydrogens is 304 g/mol. The van der Waals surface area contributed by atoms with Crippen LogP contribution in [0.3, 0.4) is 0 Å². The monoisotopic (exact) mass is 326 g/mol. The molecule has 2 rings (SSSR count). The van der Waals surface area contributed by atoms with Gasteiger partial charge in [0.15, 0.2) is 0 Å². The summed E-state index contributed by atoms with van der Waals surface area (Å²) in [5.74, 6) is 1.37. The lowest BCUT2D eigenvalue weighted by Gasteiger charge is -2.21. The van der Waals surface area contributed by atoms with E-state index in [1.807, 2.05) is 24.3 Å². The number of nitrogens with zero attached hydrogens (tertiary/aromatic N) is 3. The van der Waals surface area contributed by atoms with E-state index in [0.29, 0.717) is 32.0 Å². The molecule has 1 amide bonds. The third kappa shape index (κ3) is 5.39. The van der Waals surface area contributed by atoms with Gasteiger partial charge in [0, 0.05) is 38.4 Å². The Hall–Kier alpha value is -2.89. The number of ether oxygens (including phenoxy) is 1. The molecule has 0 bridgehead atoms. The fourth-order valence-corrected chi connectivity index (χ4v) is 2.19. The van der Waals surface area contributed by atoms with Gasteiger partial charge in [0.05, 0.1) is 7.11 Å². The first kappa shape index (κ1) is 17.5. The van der Waals surface area contributed by atoms with Crippen LogP contribution in [0.25, 0.3) is 0 Å². The average Bonchev–Trinajstić information content (AvgIpc) is 2.63. The van der Waals surface area contributed by atoms with Crippen molar-refractivity contribution in [2.45, 2.75) is 13.0 Å². The van der Waals surface area contributed by atoms with Gasteiger partial charge in [-0.3, -0.25) is 4.79 Å². The lowest BCUT2D eigenvalue weighted by Crippen LogP contribution is -2.32. The van der Waals surface area contributed by atoms with Gasteiger partial charge in [-0.15, -0.1) is 6.58 Å². The fraction of sp³-hybridized carbons (Fsp3) is 0.278. The molecule has 0 aliphatic heterocycles. The molecule has 0 aliphatic rings. The van der Waals surface area contributed by atoms with Crippen molar-refractivity contribution in [1.82, 2.24) is 14.9 Å². The molecule has 1 aromatic carbocycles. The van der Waals surface area contributed by atoms with E-state index in [2.05, 4.69) is 21.9 Å². The van der Waals surface area contributed by atoms with E-state index in [4.69, 9.17) is 4.74 Å². The zero-order valence-corrected chi connectivity index (χ0v) is 13.8. The van der Waals surface area contributed by atoms with Crippen molar-refractivity contribution in [3.05, 3.63) is 60.9 Å². The van der Waals surface area contributed by atoms with E-state index in [9.17, 15) is 4.79 Å². The highest BCUT2D eigenvalue weighted by atomic mass is 16.5. The van der Waals surface area contributed by atoms with Crippen LogP contribution in [0.5, 0.6) is 5.75 Å². The molecule has 126 valence electrons. The van der Waals surface area contributed by atoms with Crippen LogP contribution in [0.15, 0.2) is 55.4 Å². The maximum Gasteiger partial charge on any atom is 0.224 e. The van der Waals surface area contributed by atoms with Crippen molar-refractivity contribution in [2.75, 3.05) is 25.5 Å². The number of hydrogen-bond acceptors (Lipinski definition) is 5. The van der Waals surface area contributed by atoms with Gasteiger partial charge < -0.3 is 15.0 Å². The number of amides is 1. The highest BCUT2D eigenvalue weighted by Crippen LogP contribution is 2.13. The van der Waals surface area contributed by atoms with E-state index in [-0.39, 0.29) is 5.91 Å². The van der Waals surface area contributed by atoms with E-state index >= 15 is 0 Å². The van der Waals surface area contributed by atoms with Gasteiger partial charge in [0.1, 0.15) is 5.75 Å². The van der Waals surface area contributed by atoms with Gasteiger partial charge in [0.25, 0.3) is 0 Å². The first-order valence-corrected chi connectivity index (χ1v) is 7.75. The second kappa shape index (κ2) is 9.29. The van der Waals surface area contributed by atoms with Crippen LogP contribution >= 0.6 is 0 Å². The van der Waals surface area contributed by atoms with Crippen LogP contribution in [0.1, 0.15) is 12.0 Å². The minimum absolute atomic E-state index is 0.0501. The molecule has 0 atom stereocenters. The molecule has 6 heteroatoms. The number of carbonyl (C=O) groups is 1. The molecule has 1 N–H and O–H groups in total. The number of nitrogens with one attached hydrogen (secondary N) is 1. The zero-order valence-electron chi connectivity index (χ0n) is 13.8. The van der Waals surface area contributed by atoms with Crippen LogP contribution in [-0.4, -0.2) is 41.0 Å². The van der Waals surface area contributed by atoms with Crippen molar-refractivity contribution in [2.24, 2.45) is 0 Å². The number of carbonyl (C=O) groups excluding carboxylic acids is 1. The Bertz CT molecular complexity index is 644. The molecule has 2 aromatic rings. The fourth-order valence-electron chi connectivity index (χ4n) is 2.19. The Morgan fingerprint density at radius 2 is 2.00 bits per heavy atom. The Morgan fingerprint density at radius 3 is 2.62 bits per heavy atom. The van der Waals surface area contributed by atoms with Crippen LogP contribution in [0, 0.1) is 0 Å². The Kier molecular flexibility index (Phi) is 6.76. The lowest BCUT2D eigenvalue weighted by molar-refractivity contribution is -0.131. The quantitative estimate of drug-likeness (QED) is 0.717. The molecule has 0 fully saturated rings. The molecule has 0 unspecified atom stereocenters. The summed E-state index contributed by atoms with van der Waals surface area (Å²) >= 11 is 0. The zero-order chi connectivity index (χ0) is 17.2. The smallest absolute Gasteiger partial charge is 0.224 e. The van der Waals surface area contributed by atoms with Gasteiger partial charge in [-0.1, -0.05) is 18.2 Å². The SMILES string of the molecule is C=CCN(Cc1ccc(OC)cc1)C(=O)CCNc1ncccn1. The highest BCUT2D eigenvalue weighted by Gasteiger charge is 2.12. The molecule has 0 saturated carbocycles. The molecule has 0 radical (unpaired) electrons. The van der Waals surface area contributed by atoms with Crippen molar-refractivity contribution in [3.63, 3.8) is 0 Å². The Morgan fingerprint density at radius 1 is 1.29 bits per heavy atom. The van der Waals surface area contributed by atoms with Crippen molar-refractivity contribution in [3.8, 4) is 5.75 Å². The molecule has 0 spiro atoms. The molecule has 1 heterocycles. The summed E-state index contributed by atoms with van der Waals surface area (Å²) in [6.07, 6.45) is 5.41. The standard InChI is InChI=1S/C18H22N4O2/c1-3-13-22(14-15-5-7-16(24-2)8-6-15)17(23)9-12-21-18-19-10-4-11-20-18/h3-8,10-11H,1,9,12-14H2,2H3,(H,19,20,21). The molecule has 6 nitrogen and oxygen atoms in total. The summed E-state index contributed by atoms with van der Waals surface area (Å²) in [7, 11) is 1.63. The number of benzene rings is 1. The first-order chi connectivity index (χ1) is 11.7. The van der Waals surface area contributed by atoms with E-state index in [1.165, 1.54) is 0 Å². The minimum Gasteiger partial charge on any atom is -0.497 e. The molecule has 0 aliphatic carbocycles. The summed E-state index contributed by atoms with van der Waals surface area (Å²) in [5.41, 5.74) is 1.05. The van der Waals surface area contributed by atoms with Crippen LogP contribution in [0.4, 0.5) is 5.95 Å². The maximum absolute atomic E-state index is 12.4. The molecule has 24 heavy (non-hydrogen) atoms. The van der Waals surface area contributed by atoms with Gasteiger partial charge in [-0.2, -0.15) is 0 Å². The maximum atomic E-state index is 12.4. The van der Waals surface area contributed by atoms with E-state index in [0.717, 1.165) is 11.3 Å². The molecule has 0 saturated heterocycles. The number of hydrogen-bond donors (Lipinski definition) is 1. The van der Waals surface area contributed by atoms with Gasteiger partial charge in [0.2, 0.25) is 11.9 Å².